The van der Waals surface area contributed by atoms with Crippen molar-refractivity contribution in [2.75, 3.05) is 16.6 Å². The summed E-state index contributed by atoms with van der Waals surface area (Å²) in [4.78, 5) is 10.0. The van der Waals surface area contributed by atoms with Crippen LogP contribution in [0.2, 0.25) is 0 Å². The van der Waals surface area contributed by atoms with Crippen LogP contribution in [0.25, 0.3) is 0 Å². The molecule has 0 bridgehead atoms. The van der Waals surface area contributed by atoms with Gasteiger partial charge in [-0.25, -0.2) is 16.8 Å². The van der Waals surface area contributed by atoms with E-state index in [1.165, 1.54) is 56.5 Å². The van der Waals surface area contributed by atoms with E-state index in [-0.39, 0.29) is 21.2 Å². The summed E-state index contributed by atoms with van der Waals surface area (Å²) in [6, 6.07) is 13.7. The van der Waals surface area contributed by atoms with Gasteiger partial charge in [0.1, 0.15) is 5.75 Å². The van der Waals surface area contributed by atoms with Gasteiger partial charge < -0.3 is 4.74 Å². The summed E-state index contributed by atoms with van der Waals surface area (Å²) in [6.07, 6.45) is 0. The van der Waals surface area contributed by atoms with Crippen LogP contribution in [0, 0.1) is 24.0 Å². The summed E-state index contributed by atoms with van der Waals surface area (Å²) in [5.74, 6) is 0.557. The monoisotopic (exact) mass is 491 g/mol. The molecule has 0 atom stereocenters. The SMILES string of the molecule is COc1ccc(NS(=O)(=O)c2ccc(C)c(NS(=O)(=O)c3ccc(C)c([N+](=O)[O-])c3)c2)cc1. The van der Waals surface area contributed by atoms with E-state index in [0.29, 0.717) is 22.6 Å². The smallest absolute Gasteiger partial charge is 0.273 e. The van der Waals surface area contributed by atoms with E-state index < -0.39 is 25.0 Å². The Morgan fingerprint density at radius 3 is 1.91 bits per heavy atom. The quantitative estimate of drug-likeness (QED) is 0.360. The zero-order chi connectivity index (χ0) is 24.4. The van der Waals surface area contributed by atoms with Gasteiger partial charge in [0.05, 0.1) is 27.5 Å². The molecule has 0 unspecified atom stereocenters. The Balaban J connectivity index is 1.92. The lowest BCUT2D eigenvalue weighted by Crippen LogP contribution is -2.16. The minimum absolute atomic E-state index is 0.0239. The van der Waals surface area contributed by atoms with E-state index in [1.54, 1.807) is 19.1 Å². The van der Waals surface area contributed by atoms with Crippen LogP contribution in [0.1, 0.15) is 11.1 Å². The fourth-order valence-electron chi connectivity index (χ4n) is 2.91. The standard InChI is InChI=1S/C21H21N3O7S2/c1-14-4-10-18(32(27,28)22-16-6-8-17(31-3)9-7-16)12-20(14)23-33(29,30)19-11-5-15(2)21(13-19)24(25)26/h4-13,22-23H,1-3H3. The Labute approximate surface area is 191 Å². The molecule has 0 fully saturated rings. The molecule has 33 heavy (non-hydrogen) atoms. The number of sulfonamides is 2. The molecule has 0 saturated heterocycles. The van der Waals surface area contributed by atoms with Gasteiger partial charge in [0.25, 0.3) is 25.7 Å². The maximum Gasteiger partial charge on any atom is 0.273 e. The van der Waals surface area contributed by atoms with Crippen molar-refractivity contribution in [1.29, 1.82) is 0 Å². The largest absolute Gasteiger partial charge is 0.497 e. The number of nitro groups is 1. The molecule has 0 amide bonds. The summed E-state index contributed by atoms with van der Waals surface area (Å²) in [5.41, 5.74) is 0.757. The number of ether oxygens (including phenoxy) is 1. The van der Waals surface area contributed by atoms with Crippen LogP contribution in [0.3, 0.4) is 0 Å². The first-order chi connectivity index (χ1) is 15.4. The number of anilines is 2. The third-order valence-corrected chi connectivity index (χ3v) is 7.54. The molecule has 10 nitrogen and oxygen atoms in total. The van der Waals surface area contributed by atoms with Crippen molar-refractivity contribution in [3.8, 4) is 5.75 Å². The van der Waals surface area contributed by atoms with Crippen LogP contribution in [-0.4, -0.2) is 28.9 Å². The van der Waals surface area contributed by atoms with Gasteiger partial charge in [-0.3, -0.25) is 19.6 Å². The normalized spacial score (nSPS) is 11.6. The summed E-state index contributed by atoms with van der Waals surface area (Å²) in [7, 11) is -6.76. The minimum Gasteiger partial charge on any atom is -0.497 e. The number of hydrogen-bond donors (Lipinski definition) is 2. The highest BCUT2D eigenvalue weighted by Crippen LogP contribution is 2.27. The molecule has 0 aliphatic rings. The van der Waals surface area contributed by atoms with E-state index >= 15 is 0 Å². The molecule has 3 aromatic carbocycles. The highest BCUT2D eigenvalue weighted by Gasteiger charge is 2.22. The highest BCUT2D eigenvalue weighted by molar-refractivity contribution is 7.93. The van der Waals surface area contributed by atoms with Gasteiger partial charge in [-0.2, -0.15) is 0 Å². The van der Waals surface area contributed by atoms with E-state index in [4.69, 9.17) is 4.74 Å². The zero-order valence-electron chi connectivity index (χ0n) is 17.9. The van der Waals surface area contributed by atoms with Gasteiger partial charge in [-0.05, 0) is 61.9 Å². The van der Waals surface area contributed by atoms with Crippen molar-refractivity contribution in [2.24, 2.45) is 0 Å². The molecule has 2 N–H and O–H groups in total. The van der Waals surface area contributed by atoms with Gasteiger partial charge in [0, 0.05) is 17.3 Å². The first-order valence-electron chi connectivity index (χ1n) is 9.48. The van der Waals surface area contributed by atoms with Crippen LogP contribution >= 0.6 is 0 Å². The summed E-state index contributed by atoms with van der Waals surface area (Å²) in [5, 5.41) is 11.2. The second-order valence-electron chi connectivity index (χ2n) is 7.12. The van der Waals surface area contributed by atoms with E-state index in [2.05, 4.69) is 9.44 Å². The Kier molecular flexibility index (Phi) is 6.60. The van der Waals surface area contributed by atoms with Crippen molar-refractivity contribution >= 4 is 37.1 Å². The molecule has 0 radical (unpaired) electrons. The van der Waals surface area contributed by atoms with Crippen molar-refractivity contribution < 1.29 is 26.5 Å². The number of benzene rings is 3. The van der Waals surface area contributed by atoms with Crippen LogP contribution in [0.15, 0.2) is 70.5 Å². The second kappa shape index (κ2) is 9.08. The Hall–Kier alpha value is -3.64. The first-order valence-corrected chi connectivity index (χ1v) is 12.4. The highest BCUT2D eigenvalue weighted by atomic mass is 32.2. The summed E-state index contributed by atoms with van der Waals surface area (Å²) in [6.45, 7) is 3.10. The molecule has 3 rings (SSSR count). The van der Waals surface area contributed by atoms with Crippen molar-refractivity contribution in [3.05, 3.63) is 81.9 Å². The van der Waals surface area contributed by atoms with Crippen LogP contribution in [0.5, 0.6) is 5.75 Å². The molecule has 12 heteroatoms. The van der Waals surface area contributed by atoms with Crippen molar-refractivity contribution in [2.45, 2.75) is 23.6 Å². The lowest BCUT2D eigenvalue weighted by Gasteiger charge is -2.14. The Bertz CT molecular complexity index is 1420. The van der Waals surface area contributed by atoms with Gasteiger partial charge in [0.15, 0.2) is 0 Å². The average Bonchev–Trinajstić information content (AvgIpc) is 2.75. The number of aryl methyl sites for hydroxylation is 2. The molecular formula is C21H21N3O7S2. The topological polar surface area (TPSA) is 145 Å². The molecule has 0 saturated carbocycles. The van der Waals surface area contributed by atoms with Crippen molar-refractivity contribution in [3.63, 3.8) is 0 Å². The lowest BCUT2D eigenvalue weighted by atomic mass is 10.2. The fraction of sp³-hybridized carbons (Fsp3) is 0.143. The third-order valence-electron chi connectivity index (χ3n) is 4.79. The number of methoxy groups -OCH3 is 1. The molecule has 0 aromatic heterocycles. The Morgan fingerprint density at radius 1 is 0.788 bits per heavy atom. The average molecular weight is 492 g/mol. The van der Waals surface area contributed by atoms with E-state index in [9.17, 15) is 26.9 Å². The predicted molar refractivity (Wildman–Crippen MR) is 124 cm³/mol. The number of rotatable bonds is 8. The van der Waals surface area contributed by atoms with E-state index in [0.717, 1.165) is 6.07 Å². The summed E-state index contributed by atoms with van der Waals surface area (Å²) >= 11 is 0. The summed E-state index contributed by atoms with van der Waals surface area (Å²) < 4.78 is 61.1. The van der Waals surface area contributed by atoms with E-state index in [1.807, 2.05) is 0 Å². The molecular weight excluding hydrogens is 470 g/mol. The lowest BCUT2D eigenvalue weighted by molar-refractivity contribution is -0.385. The van der Waals surface area contributed by atoms with Crippen LogP contribution < -0.4 is 14.2 Å². The Morgan fingerprint density at radius 2 is 1.33 bits per heavy atom. The first kappa shape index (κ1) is 24.0. The maximum absolute atomic E-state index is 12.8. The fourth-order valence-corrected chi connectivity index (χ4v) is 5.13. The van der Waals surface area contributed by atoms with Gasteiger partial charge in [-0.15, -0.1) is 0 Å². The maximum atomic E-state index is 12.8. The van der Waals surface area contributed by atoms with Crippen LogP contribution in [0.4, 0.5) is 17.1 Å². The molecule has 0 spiro atoms. The molecule has 0 heterocycles. The number of nitrogens with zero attached hydrogens (tertiary/aromatic N) is 1. The molecule has 174 valence electrons. The van der Waals surface area contributed by atoms with Gasteiger partial charge in [-0.1, -0.05) is 12.1 Å². The third kappa shape index (κ3) is 5.41. The predicted octanol–water partition coefficient (Wildman–Crippen LogP) is 3.82. The van der Waals surface area contributed by atoms with Gasteiger partial charge >= 0.3 is 0 Å². The number of nitrogens with one attached hydrogen (secondary N) is 2. The van der Waals surface area contributed by atoms with Crippen molar-refractivity contribution in [1.82, 2.24) is 0 Å². The van der Waals surface area contributed by atoms with Crippen LogP contribution in [-0.2, 0) is 20.0 Å². The molecule has 0 aliphatic carbocycles. The van der Waals surface area contributed by atoms with Gasteiger partial charge in [0.2, 0.25) is 0 Å². The number of nitro benzene ring substituents is 1. The minimum atomic E-state index is -4.22. The second-order valence-corrected chi connectivity index (χ2v) is 10.5. The molecule has 0 aliphatic heterocycles. The molecule has 3 aromatic rings. The zero-order valence-corrected chi connectivity index (χ0v) is 19.5. The number of hydrogen-bond acceptors (Lipinski definition) is 7.